The van der Waals surface area contributed by atoms with Gasteiger partial charge in [0.2, 0.25) is 0 Å². The summed E-state index contributed by atoms with van der Waals surface area (Å²) in [7, 11) is 0. The van der Waals surface area contributed by atoms with Gasteiger partial charge in [0.15, 0.2) is 0 Å². The monoisotopic (exact) mass is 319 g/mol. The van der Waals surface area contributed by atoms with Crippen LogP contribution in [0.15, 0.2) is 0 Å². The normalized spacial score (nSPS) is 19.1. The number of carbonyl (C=O) groups is 1. The quantitative estimate of drug-likeness (QED) is 0.692. The molecule has 0 aromatic carbocycles. The number of hydrogen-bond acceptors (Lipinski definition) is 2. The average molecular weight is 318 g/mol. The summed E-state index contributed by atoms with van der Waals surface area (Å²) in [5.74, 6) is 0.853. The third kappa shape index (κ3) is 4.62. The van der Waals surface area contributed by atoms with Gasteiger partial charge in [-0.05, 0) is 0 Å². The Kier molecular flexibility index (Phi) is 4.74. The Balaban J connectivity index is 2.37. The summed E-state index contributed by atoms with van der Waals surface area (Å²) >= 11 is 1.34. The van der Waals surface area contributed by atoms with E-state index in [2.05, 4.69) is 0 Å². The van der Waals surface area contributed by atoms with Gasteiger partial charge in [-0.3, -0.25) is 0 Å². The summed E-state index contributed by atoms with van der Waals surface area (Å²) in [6.45, 7) is 7.49. The predicted molar refractivity (Wildman–Crippen MR) is 62.5 cm³/mol. The Bertz CT molecular complexity index is 217. The average Bonchev–Trinajstić information content (AvgIpc) is 2.15. The van der Waals surface area contributed by atoms with Gasteiger partial charge < -0.3 is 0 Å². The van der Waals surface area contributed by atoms with Crippen LogP contribution in [0.4, 0.5) is 4.79 Å². The van der Waals surface area contributed by atoms with Crippen molar-refractivity contribution in [1.82, 2.24) is 4.90 Å². The van der Waals surface area contributed by atoms with Gasteiger partial charge >= 0.3 is 106 Å². The van der Waals surface area contributed by atoms with Gasteiger partial charge in [-0.2, -0.15) is 0 Å². The molecule has 3 nitrogen and oxygen atoms in total. The van der Waals surface area contributed by atoms with Crippen LogP contribution in [0.1, 0.15) is 33.6 Å². The van der Waals surface area contributed by atoms with Crippen LogP contribution in [0, 0.1) is 5.92 Å². The third-order valence-corrected chi connectivity index (χ3v) is 4.50. The van der Waals surface area contributed by atoms with E-state index in [0.29, 0.717) is 0 Å². The molecule has 1 saturated heterocycles. The second-order valence-electron chi connectivity index (χ2n) is 5.15. The van der Waals surface area contributed by atoms with E-state index < -0.39 is 0 Å². The number of likely N-dealkylation sites (tertiary alicyclic amines) is 1. The van der Waals surface area contributed by atoms with E-state index in [-0.39, 0.29) is 11.7 Å². The fraction of sp³-hybridized carbons (Fsp3) is 0.909. The first-order valence-electron chi connectivity index (χ1n) is 5.60. The molecule has 15 heavy (non-hydrogen) atoms. The molecule has 0 N–H and O–H groups in total. The van der Waals surface area contributed by atoms with Crippen molar-refractivity contribution in [3.8, 4) is 0 Å². The molecule has 1 fully saturated rings. The summed E-state index contributed by atoms with van der Waals surface area (Å²) in [5.41, 5.74) is -0.370. The van der Waals surface area contributed by atoms with Crippen LogP contribution in [0.5, 0.6) is 0 Å². The first kappa shape index (κ1) is 13.1. The number of hydrogen-bond donors (Lipinski definition) is 0. The Morgan fingerprint density at radius 2 is 1.93 bits per heavy atom. The Labute approximate surface area is 106 Å². The Morgan fingerprint density at radius 1 is 1.40 bits per heavy atom. The molecule has 0 atom stereocenters. The SMILES string of the molecule is CC(C)(C)OC(=O)N1CCC([CH2][SnH])CC1. The zero-order valence-electron chi connectivity index (χ0n) is 9.95. The first-order valence-corrected chi connectivity index (χ1v) is 7.93. The van der Waals surface area contributed by atoms with Crippen LogP contribution >= 0.6 is 0 Å². The number of rotatable bonds is 1. The summed E-state index contributed by atoms with van der Waals surface area (Å²) in [6, 6.07) is 0. The molecule has 0 bridgehead atoms. The fourth-order valence-corrected chi connectivity index (χ4v) is 3.02. The first-order chi connectivity index (χ1) is 6.92. The minimum atomic E-state index is -0.370. The zero-order valence-corrected chi connectivity index (χ0v) is 13.2. The molecule has 0 spiro atoms. The van der Waals surface area contributed by atoms with Crippen molar-refractivity contribution in [2.75, 3.05) is 13.1 Å². The number of nitrogens with zero attached hydrogens (tertiary/aromatic N) is 1. The van der Waals surface area contributed by atoms with Crippen molar-refractivity contribution >= 4 is 28.6 Å². The van der Waals surface area contributed by atoms with E-state index in [4.69, 9.17) is 4.74 Å². The third-order valence-electron chi connectivity index (χ3n) is 2.60. The molecule has 1 aliphatic heterocycles. The molecule has 0 aliphatic carbocycles. The van der Waals surface area contributed by atoms with Gasteiger partial charge in [-0.25, -0.2) is 0 Å². The minimum absolute atomic E-state index is 0.145. The summed E-state index contributed by atoms with van der Waals surface area (Å²) in [5, 5.41) is 0. The zero-order chi connectivity index (χ0) is 11.5. The molecule has 0 aromatic heterocycles. The van der Waals surface area contributed by atoms with Crippen molar-refractivity contribution in [3.63, 3.8) is 0 Å². The van der Waals surface area contributed by atoms with E-state index >= 15 is 0 Å². The standard InChI is InChI=1S/C11H20NO2.Sn.H/c1-9-5-7-12(8-6-9)10(13)14-11(2,3)4;;/h9H,1,5-8H2,2-4H3;;. The summed E-state index contributed by atoms with van der Waals surface area (Å²) in [4.78, 5) is 13.6. The van der Waals surface area contributed by atoms with Crippen molar-refractivity contribution in [3.05, 3.63) is 0 Å². The van der Waals surface area contributed by atoms with Crippen molar-refractivity contribution in [1.29, 1.82) is 0 Å². The summed E-state index contributed by atoms with van der Waals surface area (Å²) < 4.78 is 6.70. The van der Waals surface area contributed by atoms with Gasteiger partial charge in [0.25, 0.3) is 0 Å². The predicted octanol–water partition coefficient (Wildman–Crippen LogP) is 1.95. The van der Waals surface area contributed by atoms with E-state index in [0.717, 1.165) is 31.8 Å². The number of ether oxygens (including phenoxy) is 1. The molecule has 0 saturated carbocycles. The Morgan fingerprint density at radius 3 is 2.33 bits per heavy atom. The molecule has 1 heterocycles. The second-order valence-corrected chi connectivity index (χ2v) is 6.49. The number of amides is 1. The van der Waals surface area contributed by atoms with E-state index in [1.54, 1.807) is 0 Å². The molecule has 2 radical (unpaired) electrons. The number of piperidine rings is 1. The van der Waals surface area contributed by atoms with E-state index in [1.807, 2.05) is 25.7 Å². The van der Waals surface area contributed by atoms with E-state index in [1.165, 1.54) is 27.0 Å². The van der Waals surface area contributed by atoms with Crippen molar-refractivity contribution in [2.45, 2.75) is 43.7 Å². The van der Waals surface area contributed by atoms with Crippen LogP contribution in [-0.4, -0.2) is 52.2 Å². The van der Waals surface area contributed by atoms with Crippen LogP contribution in [-0.2, 0) is 4.74 Å². The molecular formula is C11H21NO2Sn. The summed E-state index contributed by atoms with van der Waals surface area (Å²) in [6.07, 6.45) is 2.16. The molecule has 1 amide bonds. The van der Waals surface area contributed by atoms with Crippen molar-refractivity contribution < 1.29 is 9.53 Å². The van der Waals surface area contributed by atoms with Gasteiger partial charge in [0.1, 0.15) is 0 Å². The molecule has 86 valence electrons. The Hall–Kier alpha value is 0.0687. The van der Waals surface area contributed by atoms with Gasteiger partial charge in [0, 0.05) is 0 Å². The maximum absolute atomic E-state index is 11.7. The van der Waals surface area contributed by atoms with Crippen LogP contribution in [0.25, 0.3) is 0 Å². The van der Waals surface area contributed by atoms with Gasteiger partial charge in [-0.1, -0.05) is 0 Å². The molecule has 1 rings (SSSR count). The molecule has 0 aromatic rings. The topological polar surface area (TPSA) is 29.5 Å². The van der Waals surface area contributed by atoms with Crippen LogP contribution in [0.2, 0.25) is 4.44 Å². The van der Waals surface area contributed by atoms with Crippen LogP contribution in [0.3, 0.4) is 0 Å². The van der Waals surface area contributed by atoms with Crippen LogP contribution < -0.4 is 0 Å². The van der Waals surface area contributed by atoms with E-state index in [9.17, 15) is 4.79 Å². The van der Waals surface area contributed by atoms with Gasteiger partial charge in [-0.15, -0.1) is 0 Å². The molecule has 1 aliphatic rings. The van der Waals surface area contributed by atoms with Crippen molar-refractivity contribution in [2.24, 2.45) is 5.92 Å². The van der Waals surface area contributed by atoms with Gasteiger partial charge in [0.05, 0.1) is 0 Å². The number of carbonyl (C=O) groups excluding carboxylic acids is 1. The molecule has 4 heteroatoms. The molecular weight excluding hydrogens is 297 g/mol. The molecule has 0 unspecified atom stereocenters. The second kappa shape index (κ2) is 5.41. The fourth-order valence-electron chi connectivity index (χ4n) is 1.68. The maximum atomic E-state index is 11.7.